The van der Waals surface area contributed by atoms with Crippen LogP contribution in [0.5, 0.6) is 0 Å². The summed E-state index contributed by atoms with van der Waals surface area (Å²) in [5.74, 6) is -3.82. The number of carbonyl (C=O) groups is 4. The maximum absolute atomic E-state index is 11.5. The third kappa shape index (κ3) is 1.55. The van der Waals surface area contributed by atoms with Crippen LogP contribution in [0.3, 0.4) is 0 Å². The Kier molecular flexibility index (Phi) is 2.46. The van der Waals surface area contributed by atoms with E-state index in [1.165, 1.54) is 0 Å². The molecule has 3 rings (SSSR count). The number of hydrogen-bond acceptors (Lipinski definition) is 6. The third-order valence-electron chi connectivity index (χ3n) is 4.16. The summed E-state index contributed by atoms with van der Waals surface area (Å²) in [7, 11) is 0. The molecule has 1 aliphatic carbocycles. The molecule has 0 radical (unpaired) electrons. The van der Waals surface area contributed by atoms with E-state index >= 15 is 0 Å². The molecular formula is C12H12O6. The van der Waals surface area contributed by atoms with Crippen LogP contribution >= 0.6 is 0 Å². The molecule has 96 valence electrons. The Labute approximate surface area is 103 Å². The highest BCUT2D eigenvalue weighted by Gasteiger charge is 2.50. The normalized spacial score (nSPS) is 39.6. The minimum Gasteiger partial charge on any atom is -0.393 e. The second-order valence-corrected chi connectivity index (χ2v) is 5.06. The van der Waals surface area contributed by atoms with Gasteiger partial charge in [0.15, 0.2) is 0 Å². The van der Waals surface area contributed by atoms with Crippen molar-refractivity contribution in [3.05, 3.63) is 0 Å². The number of fused-ring (bicyclic) bond motifs is 2. The minimum atomic E-state index is -0.499. The quantitative estimate of drug-likeness (QED) is 0.452. The number of cyclic esters (lactones) is 4. The van der Waals surface area contributed by atoms with E-state index in [-0.39, 0.29) is 0 Å². The third-order valence-corrected chi connectivity index (χ3v) is 4.16. The Morgan fingerprint density at radius 1 is 0.556 bits per heavy atom. The highest BCUT2D eigenvalue weighted by atomic mass is 16.6. The molecule has 3 aliphatic rings. The van der Waals surface area contributed by atoms with Crippen molar-refractivity contribution in [1.82, 2.24) is 0 Å². The summed E-state index contributed by atoms with van der Waals surface area (Å²) in [4.78, 5) is 46.0. The first-order chi connectivity index (χ1) is 8.58. The fourth-order valence-electron chi connectivity index (χ4n) is 3.15. The molecule has 2 saturated heterocycles. The van der Waals surface area contributed by atoms with Gasteiger partial charge >= 0.3 is 23.9 Å². The molecule has 0 bridgehead atoms. The molecule has 1 saturated carbocycles. The van der Waals surface area contributed by atoms with Crippen molar-refractivity contribution >= 4 is 23.9 Å². The summed E-state index contributed by atoms with van der Waals surface area (Å²) < 4.78 is 9.23. The van der Waals surface area contributed by atoms with Gasteiger partial charge in [0.2, 0.25) is 0 Å². The average molecular weight is 252 g/mol. The summed E-state index contributed by atoms with van der Waals surface area (Å²) in [5.41, 5.74) is 0. The van der Waals surface area contributed by atoms with Gasteiger partial charge in [0.1, 0.15) is 0 Å². The van der Waals surface area contributed by atoms with E-state index in [1.807, 2.05) is 0 Å². The smallest absolute Gasteiger partial charge is 0.317 e. The predicted octanol–water partition coefficient (Wildman–Crippen LogP) is 0.192. The first kappa shape index (κ1) is 11.4. The molecule has 0 spiro atoms. The maximum atomic E-state index is 11.5. The molecule has 2 heterocycles. The molecule has 0 amide bonds. The van der Waals surface area contributed by atoms with Crippen molar-refractivity contribution in [1.29, 1.82) is 0 Å². The Morgan fingerprint density at radius 2 is 0.778 bits per heavy atom. The fourth-order valence-corrected chi connectivity index (χ4v) is 3.15. The maximum Gasteiger partial charge on any atom is 0.317 e. The average Bonchev–Trinajstić information content (AvgIpc) is 2.65. The van der Waals surface area contributed by atoms with E-state index in [4.69, 9.17) is 0 Å². The van der Waals surface area contributed by atoms with Crippen molar-refractivity contribution in [2.75, 3.05) is 0 Å². The van der Waals surface area contributed by atoms with Crippen LogP contribution in [-0.4, -0.2) is 23.9 Å². The molecule has 2 aliphatic heterocycles. The standard InChI is InChI=1S/C12H12O6/c13-9-5-1-2-6-8(12(16)18-10(6)14)4-3-7(5)11(15)17-9/h5-8H,1-4H2/t5-,6+,7+,8-. The summed E-state index contributed by atoms with van der Waals surface area (Å²) in [6, 6.07) is 0. The Hall–Kier alpha value is -1.72. The molecule has 3 fully saturated rings. The van der Waals surface area contributed by atoms with Gasteiger partial charge in [-0.3, -0.25) is 19.2 Å². The van der Waals surface area contributed by atoms with Gasteiger partial charge in [0.05, 0.1) is 23.7 Å². The van der Waals surface area contributed by atoms with Crippen LogP contribution in [0.1, 0.15) is 25.7 Å². The van der Waals surface area contributed by atoms with Crippen molar-refractivity contribution < 1.29 is 28.7 Å². The second kappa shape index (κ2) is 3.90. The second-order valence-electron chi connectivity index (χ2n) is 5.06. The van der Waals surface area contributed by atoms with E-state index < -0.39 is 47.5 Å². The lowest BCUT2D eigenvalue weighted by molar-refractivity contribution is -0.156. The highest BCUT2D eigenvalue weighted by Crippen LogP contribution is 2.41. The summed E-state index contributed by atoms with van der Waals surface area (Å²) >= 11 is 0. The zero-order valence-electron chi connectivity index (χ0n) is 9.59. The van der Waals surface area contributed by atoms with Crippen LogP contribution in [0.4, 0.5) is 0 Å². The predicted molar refractivity (Wildman–Crippen MR) is 54.6 cm³/mol. The number of ether oxygens (including phenoxy) is 2. The number of hydrogen-bond donors (Lipinski definition) is 0. The van der Waals surface area contributed by atoms with E-state index in [2.05, 4.69) is 9.47 Å². The van der Waals surface area contributed by atoms with E-state index in [0.29, 0.717) is 25.7 Å². The first-order valence-electron chi connectivity index (χ1n) is 6.09. The van der Waals surface area contributed by atoms with Gasteiger partial charge in [-0.2, -0.15) is 0 Å². The lowest BCUT2D eigenvalue weighted by Gasteiger charge is -2.22. The fraction of sp³-hybridized carbons (Fsp3) is 0.667. The topological polar surface area (TPSA) is 86.7 Å². The van der Waals surface area contributed by atoms with Crippen molar-refractivity contribution in [3.8, 4) is 0 Å². The van der Waals surface area contributed by atoms with Gasteiger partial charge in [0, 0.05) is 0 Å². The summed E-state index contributed by atoms with van der Waals surface area (Å²) in [5, 5.41) is 0. The van der Waals surface area contributed by atoms with Crippen LogP contribution in [0.15, 0.2) is 0 Å². The lowest BCUT2D eigenvalue weighted by Crippen LogP contribution is -2.27. The van der Waals surface area contributed by atoms with Crippen LogP contribution < -0.4 is 0 Å². The Balaban J connectivity index is 1.83. The molecule has 18 heavy (non-hydrogen) atoms. The Bertz CT molecular complexity index is 371. The van der Waals surface area contributed by atoms with Crippen molar-refractivity contribution in [3.63, 3.8) is 0 Å². The van der Waals surface area contributed by atoms with E-state index in [0.717, 1.165) is 0 Å². The minimum absolute atomic E-state index is 0.402. The van der Waals surface area contributed by atoms with Crippen molar-refractivity contribution in [2.24, 2.45) is 23.7 Å². The number of rotatable bonds is 0. The molecular weight excluding hydrogens is 240 g/mol. The molecule has 4 atom stereocenters. The van der Waals surface area contributed by atoms with E-state index in [9.17, 15) is 19.2 Å². The summed E-state index contributed by atoms with van der Waals surface area (Å²) in [6.45, 7) is 0. The molecule has 0 unspecified atom stereocenters. The monoisotopic (exact) mass is 252 g/mol. The first-order valence-corrected chi connectivity index (χ1v) is 6.09. The SMILES string of the molecule is O=C1OC(=O)[C@@H]2CC[C@@H]3C(=O)OC(=O)[C@@H]3CC[C@H]12. The molecule has 0 aromatic carbocycles. The van der Waals surface area contributed by atoms with Gasteiger partial charge in [-0.15, -0.1) is 0 Å². The molecule has 6 nitrogen and oxygen atoms in total. The van der Waals surface area contributed by atoms with Crippen LogP contribution in [0, 0.1) is 23.7 Å². The molecule has 0 N–H and O–H groups in total. The number of carbonyl (C=O) groups excluding carboxylic acids is 4. The molecule has 0 aromatic rings. The zero-order chi connectivity index (χ0) is 12.9. The highest BCUT2D eigenvalue weighted by molar-refractivity contribution is 5.98. The van der Waals surface area contributed by atoms with Gasteiger partial charge in [-0.05, 0) is 25.7 Å². The van der Waals surface area contributed by atoms with Crippen molar-refractivity contribution in [2.45, 2.75) is 25.7 Å². The Morgan fingerprint density at radius 3 is 1.00 bits per heavy atom. The molecule has 6 heteroatoms. The van der Waals surface area contributed by atoms with E-state index in [1.54, 1.807) is 0 Å². The van der Waals surface area contributed by atoms with Crippen LogP contribution in [0.25, 0.3) is 0 Å². The summed E-state index contributed by atoms with van der Waals surface area (Å²) in [6.07, 6.45) is 1.61. The lowest BCUT2D eigenvalue weighted by atomic mass is 9.76. The van der Waals surface area contributed by atoms with Gasteiger partial charge in [-0.1, -0.05) is 0 Å². The molecule has 0 aromatic heterocycles. The van der Waals surface area contributed by atoms with Crippen LogP contribution in [-0.2, 0) is 28.7 Å². The largest absolute Gasteiger partial charge is 0.393 e. The number of esters is 4. The van der Waals surface area contributed by atoms with Crippen LogP contribution in [0.2, 0.25) is 0 Å². The van der Waals surface area contributed by atoms with Gasteiger partial charge in [0.25, 0.3) is 0 Å². The van der Waals surface area contributed by atoms with Gasteiger partial charge < -0.3 is 9.47 Å². The zero-order valence-corrected chi connectivity index (χ0v) is 9.59. The van der Waals surface area contributed by atoms with Gasteiger partial charge in [-0.25, -0.2) is 0 Å².